The van der Waals surface area contributed by atoms with Gasteiger partial charge in [-0.05, 0) is 11.5 Å². The lowest BCUT2D eigenvalue weighted by atomic mass is 10.1. The Morgan fingerprint density at radius 2 is 2.53 bits per heavy atom. The van der Waals surface area contributed by atoms with Gasteiger partial charge < -0.3 is 9.84 Å². The summed E-state index contributed by atoms with van der Waals surface area (Å²) in [6.45, 7) is 0. The van der Waals surface area contributed by atoms with Gasteiger partial charge in [0.1, 0.15) is 0 Å². The van der Waals surface area contributed by atoms with Crippen LogP contribution in [0.3, 0.4) is 0 Å². The number of ether oxygens (including phenoxy) is 1. The Kier molecular flexibility index (Phi) is 2.98. The van der Waals surface area contributed by atoms with Gasteiger partial charge in [0.05, 0.1) is 19.4 Å². The molecular formula is C9H11N3O2S. The fourth-order valence-electron chi connectivity index (χ4n) is 1.24. The van der Waals surface area contributed by atoms with Crippen LogP contribution in [0.5, 0.6) is 5.88 Å². The first-order chi connectivity index (χ1) is 7.29. The quantitative estimate of drug-likeness (QED) is 0.818. The number of hydrogen-bond donors (Lipinski definition) is 2. The summed E-state index contributed by atoms with van der Waals surface area (Å²) in [4.78, 5) is 0.987. The van der Waals surface area contributed by atoms with E-state index >= 15 is 0 Å². The van der Waals surface area contributed by atoms with Crippen molar-refractivity contribution in [3.8, 4) is 5.88 Å². The van der Waals surface area contributed by atoms with E-state index in [9.17, 15) is 5.11 Å². The number of H-pyrrole nitrogens is 1. The molecule has 0 radical (unpaired) electrons. The minimum absolute atomic E-state index is 0.528. The van der Waals surface area contributed by atoms with Crippen LogP contribution in [0.2, 0.25) is 0 Å². The maximum absolute atomic E-state index is 9.82. The molecule has 1 unspecified atom stereocenters. The molecule has 5 nitrogen and oxygen atoms in total. The Labute approximate surface area is 90.9 Å². The highest BCUT2D eigenvalue weighted by molar-refractivity contribution is 7.05. The lowest BCUT2D eigenvalue weighted by Gasteiger charge is -2.04. The van der Waals surface area contributed by atoms with E-state index in [4.69, 9.17) is 4.74 Å². The molecule has 2 N–H and O–H groups in total. The maximum Gasteiger partial charge on any atom is 0.225 e. The molecule has 2 heterocycles. The van der Waals surface area contributed by atoms with E-state index in [0.29, 0.717) is 12.3 Å². The zero-order chi connectivity index (χ0) is 10.7. The smallest absolute Gasteiger partial charge is 0.225 e. The van der Waals surface area contributed by atoms with Crippen molar-refractivity contribution in [2.45, 2.75) is 12.5 Å². The van der Waals surface area contributed by atoms with Crippen LogP contribution >= 0.6 is 11.5 Å². The van der Waals surface area contributed by atoms with Crippen LogP contribution < -0.4 is 4.74 Å². The molecule has 0 aromatic carbocycles. The summed E-state index contributed by atoms with van der Waals surface area (Å²) in [7, 11) is 1.57. The topological polar surface area (TPSA) is 71.0 Å². The summed E-state index contributed by atoms with van der Waals surface area (Å²) >= 11 is 1.33. The lowest BCUT2D eigenvalue weighted by molar-refractivity contribution is 0.179. The maximum atomic E-state index is 9.82. The van der Waals surface area contributed by atoms with Crippen molar-refractivity contribution < 1.29 is 9.84 Å². The molecular weight excluding hydrogens is 214 g/mol. The Balaban J connectivity index is 2.02. The average Bonchev–Trinajstić information content (AvgIpc) is 2.87. The van der Waals surface area contributed by atoms with Gasteiger partial charge in [-0.1, -0.05) is 0 Å². The molecule has 0 amide bonds. The van der Waals surface area contributed by atoms with Crippen molar-refractivity contribution >= 4 is 11.5 Å². The van der Waals surface area contributed by atoms with Gasteiger partial charge in [-0.3, -0.25) is 5.10 Å². The molecule has 80 valence electrons. The fourth-order valence-corrected chi connectivity index (χ4v) is 1.96. The number of nitrogens with one attached hydrogen (secondary N) is 1. The summed E-state index contributed by atoms with van der Waals surface area (Å²) < 4.78 is 9.02. The normalized spacial score (nSPS) is 12.7. The van der Waals surface area contributed by atoms with Crippen LogP contribution in [-0.2, 0) is 6.42 Å². The Bertz CT molecular complexity index is 413. The highest BCUT2D eigenvalue weighted by atomic mass is 32.1. The molecule has 15 heavy (non-hydrogen) atoms. The number of methoxy groups -OCH3 is 1. The molecule has 6 heteroatoms. The molecule has 2 rings (SSSR count). The van der Waals surface area contributed by atoms with E-state index in [-0.39, 0.29) is 0 Å². The summed E-state index contributed by atoms with van der Waals surface area (Å²) in [5, 5.41) is 16.3. The number of rotatable bonds is 4. The second kappa shape index (κ2) is 4.41. The van der Waals surface area contributed by atoms with Crippen LogP contribution in [0.25, 0.3) is 0 Å². The number of aliphatic hydroxyl groups is 1. The van der Waals surface area contributed by atoms with Crippen LogP contribution in [0.1, 0.15) is 16.5 Å². The van der Waals surface area contributed by atoms with Gasteiger partial charge in [0.2, 0.25) is 5.88 Å². The van der Waals surface area contributed by atoms with Gasteiger partial charge in [0.25, 0.3) is 0 Å². The second-order valence-corrected chi connectivity index (χ2v) is 3.98. The van der Waals surface area contributed by atoms with Crippen molar-refractivity contribution in [1.82, 2.24) is 14.6 Å². The molecule has 2 aromatic heterocycles. The number of aromatic nitrogens is 3. The van der Waals surface area contributed by atoms with E-state index < -0.39 is 6.10 Å². The van der Waals surface area contributed by atoms with Gasteiger partial charge in [0, 0.05) is 29.1 Å². The van der Waals surface area contributed by atoms with Gasteiger partial charge in [-0.15, -0.1) is 0 Å². The second-order valence-electron chi connectivity index (χ2n) is 3.09. The van der Waals surface area contributed by atoms with Gasteiger partial charge in [-0.25, -0.2) is 0 Å². The third kappa shape index (κ3) is 2.34. The Hall–Kier alpha value is -1.40. The predicted octanol–water partition coefficient (Wildman–Crippen LogP) is 1.15. The van der Waals surface area contributed by atoms with E-state index in [1.54, 1.807) is 19.5 Å². The number of aliphatic hydroxyl groups excluding tert-OH is 1. The first kappa shape index (κ1) is 10.1. The predicted molar refractivity (Wildman–Crippen MR) is 55.9 cm³/mol. The molecule has 2 aromatic rings. The van der Waals surface area contributed by atoms with Gasteiger partial charge >= 0.3 is 0 Å². The SMILES string of the molecule is COc1cc(CC(O)c2cn[nH]c2)sn1. The molecule has 1 atom stereocenters. The average molecular weight is 225 g/mol. The van der Waals surface area contributed by atoms with E-state index in [2.05, 4.69) is 14.6 Å². The molecule has 0 saturated heterocycles. The minimum Gasteiger partial charge on any atom is -0.480 e. The van der Waals surface area contributed by atoms with Crippen molar-refractivity contribution in [2.24, 2.45) is 0 Å². The van der Waals surface area contributed by atoms with Gasteiger partial charge in [-0.2, -0.15) is 9.47 Å². The number of nitrogens with zero attached hydrogens (tertiary/aromatic N) is 2. The Morgan fingerprint density at radius 3 is 3.13 bits per heavy atom. The van der Waals surface area contributed by atoms with E-state index in [0.717, 1.165) is 10.4 Å². The van der Waals surface area contributed by atoms with Crippen molar-refractivity contribution in [1.29, 1.82) is 0 Å². The van der Waals surface area contributed by atoms with Crippen molar-refractivity contribution in [2.75, 3.05) is 7.11 Å². The third-order valence-electron chi connectivity index (χ3n) is 2.05. The molecule has 0 bridgehead atoms. The summed E-state index contributed by atoms with van der Waals surface area (Å²) in [5.41, 5.74) is 0.780. The monoisotopic (exact) mass is 225 g/mol. The first-order valence-electron chi connectivity index (χ1n) is 4.46. The van der Waals surface area contributed by atoms with Crippen LogP contribution in [0.4, 0.5) is 0 Å². The standard InChI is InChI=1S/C9H11N3O2S/c1-14-9-3-7(15-12-9)2-8(13)6-4-10-11-5-6/h3-5,8,13H,2H2,1H3,(H,10,11). The number of aromatic amines is 1. The highest BCUT2D eigenvalue weighted by Crippen LogP contribution is 2.22. The summed E-state index contributed by atoms with van der Waals surface area (Å²) in [5.74, 6) is 0.592. The molecule has 0 spiro atoms. The lowest BCUT2D eigenvalue weighted by Crippen LogP contribution is -1.98. The van der Waals surface area contributed by atoms with E-state index in [1.807, 2.05) is 6.07 Å². The fraction of sp³-hybridized carbons (Fsp3) is 0.333. The van der Waals surface area contributed by atoms with Crippen LogP contribution in [0, 0.1) is 0 Å². The van der Waals surface area contributed by atoms with E-state index in [1.165, 1.54) is 11.5 Å². The van der Waals surface area contributed by atoms with Gasteiger partial charge in [0.15, 0.2) is 0 Å². The minimum atomic E-state index is -0.547. The third-order valence-corrected chi connectivity index (χ3v) is 2.84. The van der Waals surface area contributed by atoms with Crippen LogP contribution in [-0.4, -0.2) is 26.8 Å². The highest BCUT2D eigenvalue weighted by Gasteiger charge is 2.11. The molecule has 0 saturated carbocycles. The van der Waals surface area contributed by atoms with Crippen molar-refractivity contribution in [3.05, 3.63) is 28.9 Å². The number of hydrogen-bond acceptors (Lipinski definition) is 5. The summed E-state index contributed by atoms with van der Waals surface area (Å²) in [6, 6.07) is 1.83. The molecule has 0 aliphatic heterocycles. The van der Waals surface area contributed by atoms with Crippen LogP contribution in [0.15, 0.2) is 18.5 Å². The first-order valence-corrected chi connectivity index (χ1v) is 5.23. The summed E-state index contributed by atoms with van der Waals surface area (Å²) in [6.07, 6.45) is 3.28. The largest absolute Gasteiger partial charge is 0.480 e. The molecule has 0 aliphatic rings. The molecule has 0 fully saturated rings. The Morgan fingerprint density at radius 1 is 1.67 bits per heavy atom. The zero-order valence-corrected chi connectivity index (χ0v) is 8.99. The molecule has 0 aliphatic carbocycles. The van der Waals surface area contributed by atoms with Crippen molar-refractivity contribution in [3.63, 3.8) is 0 Å². The zero-order valence-electron chi connectivity index (χ0n) is 8.17.